The Bertz CT molecular complexity index is 298. The monoisotopic (exact) mass is 254 g/mol. The smallest absolute Gasteiger partial charge is 0.246 e. The lowest BCUT2D eigenvalue weighted by Gasteiger charge is -2.18. The second kappa shape index (κ2) is 6.88. The van der Waals surface area contributed by atoms with Crippen LogP contribution in [0.15, 0.2) is 12.2 Å². The molecule has 1 amide bonds. The molecule has 0 bridgehead atoms. The third kappa shape index (κ3) is 4.09. The molecule has 2 saturated heterocycles. The number of carbonyl (C=O) groups excluding carboxylic acids is 1. The van der Waals surface area contributed by atoms with Crippen molar-refractivity contribution in [1.82, 2.24) is 9.80 Å². The van der Waals surface area contributed by atoms with Gasteiger partial charge in [-0.05, 0) is 19.3 Å². The first-order valence-corrected chi connectivity index (χ1v) is 7.07. The summed E-state index contributed by atoms with van der Waals surface area (Å²) in [5.74, 6) is 0.118. The third-order valence-electron chi connectivity index (χ3n) is 3.76. The van der Waals surface area contributed by atoms with Crippen LogP contribution in [-0.2, 0) is 4.79 Å². The fourth-order valence-electron chi connectivity index (χ4n) is 2.65. The van der Waals surface area contributed by atoms with E-state index in [9.17, 15) is 9.18 Å². The lowest BCUT2D eigenvalue weighted by molar-refractivity contribution is -0.126. The van der Waals surface area contributed by atoms with Crippen molar-refractivity contribution in [1.29, 1.82) is 0 Å². The minimum absolute atomic E-state index is 0.118. The molecule has 0 aliphatic carbocycles. The van der Waals surface area contributed by atoms with Gasteiger partial charge in [0.15, 0.2) is 0 Å². The van der Waals surface area contributed by atoms with Crippen molar-refractivity contribution in [2.45, 2.75) is 38.3 Å². The molecular formula is C14H23FN2O. The summed E-state index contributed by atoms with van der Waals surface area (Å²) in [4.78, 5) is 15.9. The quantitative estimate of drug-likeness (QED) is 0.719. The molecule has 0 aromatic heterocycles. The Labute approximate surface area is 109 Å². The summed E-state index contributed by atoms with van der Waals surface area (Å²) in [6.45, 7) is 3.80. The number of nitrogens with zero attached hydrogens (tertiary/aromatic N) is 2. The fourth-order valence-corrected chi connectivity index (χ4v) is 2.65. The van der Waals surface area contributed by atoms with E-state index in [2.05, 4.69) is 4.90 Å². The predicted octanol–water partition coefficient (Wildman–Crippen LogP) is 1.99. The van der Waals surface area contributed by atoms with Gasteiger partial charge in [-0.1, -0.05) is 18.9 Å². The number of likely N-dealkylation sites (tertiary alicyclic amines) is 2. The summed E-state index contributed by atoms with van der Waals surface area (Å²) >= 11 is 0. The molecule has 2 aliphatic rings. The molecular weight excluding hydrogens is 231 g/mol. The molecule has 4 heteroatoms. The van der Waals surface area contributed by atoms with Crippen LogP contribution in [0, 0.1) is 0 Å². The number of amides is 1. The lowest BCUT2D eigenvalue weighted by atomic mass is 10.2. The number of rotatable bonds is 3. The van der Waals surface area contributed by atoms with Gasteiger partial charge in [0, 0.05) is 38.8 Å². The number of hydrogen-bond donors (Lipinski definition) is 0. The zero-order chi connectivity index (χ0) is 12.8. The highest BCUT2D eigenvalue weighted by molar-refractivity contribution is 5.87. The topological polar surface area (TPSA) is 23.6 Å². The lowest BCUT2D eigenvalue weighted by Crippen LogP contribution is -2.30. The highest BCUT2D eigenvalue weighted by atomic mass is 19.1. The molecule has 0 N–H and O–H groups in total. The van der Waals surface area contributed by atoms with Crippen LogP contribution in [0.3, 0.4) is 0 Å². The van der Waals surface area contributed by atoms with E-state index in [-0.39, 0.29) is 5.91 Å². The molecule has 2 fully saturated rings. The number of hydrogen-bond acceptors (Lipinski definition) is 2. The van der Waals surface area contributed by atoms with E-state index in [1.54, 1.807) is 6.08 Å². The molecule has 0 radical (unpaired) electrons. The average molecular weight is 254 g/mol. The standard InChI is InChI=1S/C14H23FN2O/c15-13-7-11-16(12-13)8-5-6-14(18)17-9-3-1-2-4-10-17/h5-6,13H,1-4,7-12H2/b6-5+/t13-/m1/s1. The van der Waals surface area contributed by atoms with Gasteiger partial charge in [-0.2, -0.15) is 0 Å². The second-order valence-electron chi connectivity index (χ2n) is 5.29. The van der Waals surface area contributed by atoms with E-state index < -0.39 is 6.17 Å². The maximum atomic E-state index is 13.0. The molecule has 2 heterocycles. The van der Waals surface area contributed by atoms with E-state index in [0.717, 1.165) is 32.5 Å². The molecule has 0 unspecified atom stereocenters. The van der Waals surface area contributed by atoms with E-state index in [4.69, 9.17) is 0 Å². The van der Waals surface area contributed by atoms with Crippen molar-refractivity contribution in [2.75, 3.05) is 32.7 Å². The van der Waals surface area contributed by atoms with Crippen LogP contribution in [0.5, 0.6) is 0 Å². The molecule has 3 nitrogen and oxygen atoms in total. The molecule has 18 heavy (non-hydrogen) atoms. The van der Waals surface area contributed by atoms with Crippen LogP contribution in [0.2, 0.25) is 0 Å². The molecule has 0 aromatic carbocycles. The summed E-state index contributed by atoms with van der Waals surface area (Å²) in [7, 11) is 0. The van der Waals surface area contributed by atoms with Crippen LogP contribution in [0.4, 0.5) is 4.39 Å². The SMILES string of the molecule is O=C(/C=C/CN1CC[C@@H](F)C1)N1CCCCCC1. The first-order valence-electron chi connectivity index (χ1n) is 7.07. The van der Waals surface area contributed by atoms with Crippen LogP contribution in [-0.4, -0.2) is 54.6 Å². The molecule has 0 aromatic rings. The zero-order valence-corrected chi connectivity index (χ0v) is 11.0. The average Bonchev–Trinajstić information content (AvgIpc) is 2.63. The van der Waals surface area contributed by atoms with Gasteiger partial charge in [0.2, 0.25) is 5.91 Å². The third-order valence-corrected chi connectivity index (χ3v) is 3.76. The summed E-state index contributed by atoms with van der Waals surface area (Å²) in [5, 5.41) is 0. The van der Waals surface area contributed by atoms with Crippen molar-refractivity contribution in [3.8, 4) is 0 Å². The van der Waals surface area contributed by atoms with Gasteiger partial charge < -0.3 is 4.90 Å². The van der Waals surface area contributed by atoms with Crippen LogP contribution >= 0.6 is 0 Å². The van der Waals surface area contributed by atoms with Gasteiger partial charge in [-0.25, -0.2) is 4.39 Å². The Morgan fingerprint density at radius 1 is 1.17 bits per heavy atom. The molecule has 102 valence electrons. The number of halogens is 1. The number of carbonyl (C=O) groups is 1. The van der Waals surface area contributed by atoms with Crippen molar-refractivity contribution in [3.05, 3.63) is 12.2 Å². The first kappa shape index (κ1) is 13.5. The van der Waals surface area contributed by atoms with Gasteiger partial charge in [-0.3, -0.25) is 9.69 Å². The van der Waals surface area contributed by atoms with Crippen molar-refractivity contribution < 1.29 is 9.18 Å². The summed E-state index contributed by atoms with van der Waals surface area (Å²) in [6, 6.07) is 0. The van der Waals surface area contributed by atoms with Gasteiger partial charge >= 0.3 is 0 Å². The van der Waals surface area contributed by atoms with E-state index >= 15 is 0 Å². The molecule has 2 rings (SSSR count). The van der Waals surface area contributed by atoms with Crippen LogP contribution < -0.4 is 0 Å². The van der Waals surface area contributed by atoms with Crippen LogP contribution in [0.1, 0.15) is 32.1 Å². The van der Waals surface area contributed by atoms with Crippen molar-refractivity contribution in [2.24, 2.45) is 0 Å². The normalized spacial score (nSPS) is 26.7. The largest absolute Gasteiger partial charge is 0.339 e. The fraction of sp³-hybridized carbons (Fsp3) is 0.786. The number of alkyl halides is 1. The summed E-state index contributed by atoms with van der Waals surface area (Å²) in [6.07, 6.45) is 8.21. The van der Waals surface area contributed by atoms with Crippen molar-refractivity contribution in [3.63, 3.8) is 0 Å². The van der Waals surface area contributed by atoms with E-state index in [0.29, 0.717) is 19.5 Å². The molecule has 0 spiro atoms. The van der Waals surface area contributed by atoms with Gasteiger partial charge in [0.1, 0.15) is 6.17 Å². The predicted molar refractivity (Wildman–Crippen MR) is 70.1 cm³/mol. The molecule has 2 aliphatic heterocycles. The minimum atomic E-state index is -0.681. The summed E-state index contributed by atoms with van der Waals surface area (Å²) in [5.41, 5.74) is 0. The Kier molecular flexibility index (Phi) is 5.17. The Morgan fingerprint density at radius 3 is 2.50 bits per heavy atom. The van der Waals surface area contributed by atoms with Gasteiger partial charge in [-0.15, -0.1) is 0 Å². The van der Waals surface area contributed by atoms with Gasteiger partial charge in [0.05, 0.1) is 0 Å². The highest BCUT2D eigenvalue weighted by Crippen LogP contribution is 2.12. The highest BCUT2D eigenvalue weighted by Gasteiger charge is 2.20. The Morgan fingerprint density at radius 2 is 1.89 bits per heavy atom. The summed E-state index contributed by atoms with van der Waals surface area (Å²) < 4.78 is 13.0. The zero-order valence-electron chi connectivity index (χ0n) is 11.0. The maximum absolute atomic E-state index is 13.0. The Hall–Kier alpha value is -0.900. The molecule has 1 atom stereocenters. The van der Waals surface area contributed by atoms with Crippen molar-refractivity contribution >= 4 is 5.91 Å². The van der Waals surface area contributed by atoms with E-state index in [1.165, 1.54) is 12.8 Å². The minimum Gasteiger partial charge on any atom is -0.339 e. The second-order valence-corrected chi connectivity index (χ2v) is 5.29. The van der Waals surface area contributed by atoms with E-state index in [1.807, 2.05) is 11.0 Å². The van der Waals surface area contributed by atoms with Crippen LogP contribution in [0.25, 0.3) is 0 Å². The first-order chi connectivity index (χ1) is 8.75. The molecule has 0 saturated carbocycles. The van der Waals surface area contributed by atoms with Gasteiger partial charge in [0.25, 0.3) is 0 Å². The Balaban J connectivity index is 1.72. The maximum Gasteiger partial charge on any atom is 0.246 e.